The fraction of sp³-hybridized carbons (Fsp3) is 0.409. The van der Waals surface area contributed by atoms with Crippen molar-refractivity contribution >= 4 is 29.1 Å². The molecule has 5 heteroatoms. The summed E-state index contributed by atoms with van der Waals surface area (Å²) in [7, 11) is 0. The third-order valence-electron chi connectivity index (χ3n) is 5.30. The molecule has 2 aromatic rings. The number of benzene rings is 2. The van der Waals surface area contributed by atoms with E-state index in [-0.39, 0.29) is 11.8 Å². The van der Waals surface area contributed by atoms with Gasteiger partial charge in [0.05, 0.1) is 10.0 Å². The lowest BCUT2D eigenvalue weighted by molar-refractivity contribution is -0.126. The van der Waals surface area contributed by atoms with E-state index >= 15 is 0 Å². The lowest BCUT2D eigenvalue weighted by Gasteiger charge is -2.31. The van der Waals surface area contributed by atoms with E-state index in [1.54, 1.807) is 0 Å². The number of hydrogen-bond donors (Lipinski definition) is 1. The SMILES string of the molecule is CC(CNC(=O)C1CCN(Cc2ccc(Cl)c(Cl)c2)CC1)c1ccccc1. The number of nitrogens with one attached hydrogen (secondary N) is 1. The van der Waals surface area contributed by atoms with Crippen molar-refractivity contribution in [2.75, 3.05) is 19.6 Å². The fourth-order valence-electron chi connectivity index (χ4n) is 3.55. The first-order chi connectivity index (χ1) is 13.0. The highest BCUT2D eigenvalue weighted by Crippen LogP contribution is 2.25. The molecule has 144 valence electrons. The molecule has 0 bridgehead atoms. The normalized spacial score (nSPS) is 16.9. The summed E-state index contributed by atoms with van der Waals surface area (Å²) >= 11 is 12.1. The van der Waals surface area contributed by atoms with E-state index < -0.39 is 0 Å². The molecule has 1 atom stereocenters. The van der Waals surface area contributed by atoms with Gasteiger partial charge < -0.3 is 5.32 Å². The van der Waals surface area contributed by atoms with Gasteiger partial charge in [-0.05, 0) is 55.1 Å². The molecule has 1 aliphatic rings. The Kier molecular flexibility index (Phi) is 7.17. The first-order valence-electron chi connectivity index (χ1n) is 9.52. The Bertz CT molecular complexity index is 758. The average molecular weight is 405 g/mol. The molecule has 1 heterocycles. The van der Waals surface area contributed by atoms with Gasteiger partial charge in [-0.3, -0.25) is 9.69 Å². The largest absolute Gasteiger partial charge is 0.355 e. The summed E-state index contributed by atoms with van der Waals surface area (Å²) in [5.41, 5.74) is 2.42. The predicted molar refractivity (Wildman–Crippen MR) is 112 cm³/mol. The van der Waals surface area contributed by atoms with Gasteiger partial charge in [0.25, 0.3) is 0 Å². The van der Waals surface area contributed by atoms with Crippen molar-refractivity contribution in [1.29, 1.82) is 0 Å². The molecular weight excluding hydrogens is 379 g/mol. The van der Waals surface area contributed by atoms with E-state index in [4.69, 9.17) is 23.2 Å². The summed E-state index contributed by atoms with van der Waals surface area (Å²) in [5.74, 6) is 0.620. The van der Waals surface area contributed by atoms with E-state index in [0.717, 1.165) is 38.0 Å². The second kappa shape index (κ2) is 9.59. The predicted octanol–water partition coefficient (Wildman–Crippen LogP) is 5.13. The molecule has 0 spiro atoms. The van der Waals surface area contributed by atoms with Gasteiger partial charge in [0.15, 0.2) is 0 Å². The van der Waals surface area contributed by atoms with Crippen LogP contribution in [-0.2, 0) is 11.3 Å². The van der Waals surface area contributed by atoms with Gasteiger partial charge in [-0.2, -0.15) is 0 Å². The summed E-state index contributed by atoms with van der Waals surface area (Å²) in [6.07, 6.45) is 1.79. The molecule has 1 fully saturated rings. The maximum atomic E-state index is 12.5. The highest BCUT2D eigenvalue weighted by atomic mass is 35.5. The minimum atomic E-state index is 0.109. The molecular formula is C22H26Cl2N2O. The maximum Gasteiger partial charge on any atom is 0.223 e. The van der Waals surface area contributed by atoms with E-state index in [0.29, 0.717) is 22.5 Å². The van der Waals surface area contributed by atoms with Crippen molar-refractivity contribution in [2.45, 2.75) is 32.2 Å². The molecule has 2 aromatic carbocycles. The summed E-state index contributed by atoms with van der Waals surface area (Å²) in [5, 5.41) is 4.32. The van der Waals surface area contributed by atoms with Crippen LogP contribution in [0.2, 0.25) is 10.0 Å². The third-order valence-corrected chi connectivity index (χ3v) is 6.04. The van der Waals surface area contributed by atoms with Crippen LogP contribution in [0.15, 0.2) is 48.5 Å². The van der Waals surface area contributed by atoms with Gasteiger partial charge in [-0.15, -0.1) is 0 Å². The average Bonchev–Trinajstić information content (AvgIpc) is 2.70. The zero-order valence-electron chi connectivity index (χ0n) is 15.6. The van der Waals surface area contributed by atoms with Crippen molar-refractivity contribution in [2.24, 2.45) is 5.92 Å². The summed E-state index contributed by atoms with van der Waals surface area (Å²) in [4.78, 5) is 14.9. The number of rotatable bonds is 6. The Morgan fingerprint density at radius 1 is 1.11 bits per heavy atom. The Morgan fingerprint density at radius 3 is 2.48 bits per heavy atom. The van der Waals surface area contributed by atoms with Gasteiger partial charge in [-0.1, -0.05) is 66.5 Å². The minimum Gasteiger partial charge on any atom is -0.355 e. The Morgan fingerprint density at radius 2 is 1.81 bits per heavy atom. The summed E-state index contributed by atoms with van der Waals surface area (Å²) < 4.78 is 0. The zero-order valence-corrected chi connectivity index (χ0v) is 17.1. The van der Waals surface area contributed by atoms with Gasteiger partial charge in [0.1, 0.15) is 0 Å². The van der Waals surface area contributed by atoms with Crippen molar-refractivity contribution in [3.8, 4) is 0 Å². The molecule has 3 rings (SSSR count). The lowest BCUT2D eigenvalue weighted by Crippen LogP contribution is -2.41. The number of piperidine rings is 1. The van der Waals surface area contributed by atoms with Crippen LogP contribution in [0.3, 0.4) is 0 Å². The standard InChI is InChI=1S/C22H26Cl2N2O/c1-16(18-5-3-2-4-6-18)14-25-22(27)19-9-11-26(12-10-19)15-17-7-8-20(23)21(24)13-17/h2-8,13,16,19H,9-12,14-15H2,1H3,(H,25,27). The fourth-order valence-corrected chi connectivity index (χ4v) is 3.87. The van der Waals surface area contributed by atoms with Crippen LogP contribution < -0.4 is 5.32 Å². The first-order valence-corrected chi connectivity index (χ1v) is 10.3. The molecule has 3 nitrogen and oxygen atoms in total. The van der Waals surface area contributed by atoms with Crippen molar-refractivity contribution in [3.05, 3.63) is 69.7 Å². The highest BCUT2D eigenvalue weighted by Gasteiger charge is 2.25. The van der Waals surface area contributed by atoms with E-state index in [1.165, 1.54) is 5.56 Å². The third kappa shape index (κ3) is 5.71. The van der Waals surface area contributed by atoms with Crippen LogP contribution in [0, 0.1) is 5.92 Å². The molecule has 0 radical (unpaired) electrons. The van der Waals surface area contributed by atoms with Gasteiger partial charge in [0, 0.05) is 19.0 Å². The molecule has 1 N–H and O–H groups in total. The van der Waals surface area contributed by atoms with Crippen molar-refractivity contribution in [3.63, 3.8) is 0 Å². The van der Waals surface area contributed by atoms with Crippen LogP contribution >= 0.6 is 23.2 Å². The second-order valence-corrected chi connectivity index (χ2v) is 8.17. The van der Waals surface area contributed by atoms with Gasteiger partial charge >= 0.3 is 0 Å². The van der Waals surface area contributed by atoms with Crippen LogP contribution in [0.4, 0.5) is 0 Å². The summed E-state index contributed by atoms with van der Waals surface area (Å²) in [6.45, 7) is 5.53. The number of carbonyl (C=O) groups is 1. The quantitative estimate of drug-likeness (QED) is 0.723. The van der Waals surface area contributed by atoms with E-state index in [1.807, 2.05) is 36.4 Å². The van der Waals surface area contributed by atoms with Crippen molar-refractivity contribution in [1.82, 2.24) is 10.2 Å². The Balaban J connectivity index is 1.43. The van der Waals surface area contributed by atoms with E-state index in [2.05, 4.69) is 29.3 Å². The Hall–Kier alpha value is -1.55. The van der Waals surface area contributed by atoms with E-state index in [9.17, 15) is 4.79 Å². The molecule has 1 aliphatic heterocycles. The molecule has 1 amide bonds. The Labute approximate surface area is 171 Å². The summed E-state index contributed by atoms with van der Waals surface area (Å²) in [6, 6.07) is 16.1. The zero-order chi connectivity index (χ0) is 19.2. The van der Waals surface area contributed by atoms with Crippen LogP contribution in [0.1, 0.15) is 36.8 Å². The highest BCUT2D eigenvalue weighted by molar-refractivity contribution is 6.42. The van der Waals surface area contributed by atoms with Crippen LogP contribution in [-0.4, -0.2) is 30.4 Å². The number of carbonyl (C=O) groups excluding carboxylic acids is 1. The topological polar surface area (TPSA) is 32.3 Å². The molecule has 1 saturated heterocycles. The number of likely N-dealkylation sites (tertiary alicyclic amines) is 1. The monoisotopic (exact) mass is 404 g/mol. The number of hydrogen-bond acceptors (Lipinski definition) is 2. The molecule has 0 aliphatic carbocycles. The molecule has 1 unspecified atom stereocenters. The van der Waals surface area contributed by atoms with Gasteiger partial charge in [-0.25, -0.2) is 0 Å². The number of halogens is 2. The number of amides is 1. The number of nitrogens with zero attached hydrogens (tertiary/aromatic N) is 1. The minimum absolute atomic E-state index is 0.109. The van der Waals surface area contributed by atoms with Crippen LogP contribution in [0.5, 0.6) is 0 Å². The molecule has 27 heavy (non-hydrogen) atoms. The van der Waals surface area contributed by atoms with Crippen LogP contribution in [0.25, 0.3) is 0 Å². The van der Waals surface area contributed by atoms with Gasteiger partial charge in [0.2, 0.25) is 5.91 Å². The second-order valence-electron chi connectivity index (χ2n) is 7.36. The maximum absolute atomic E-state index is 12.5. The first kappa shape index (κ1) is 20.2. The molecule has 0 saturated carbocycles. The lowest BCUT2D eigenvalue weighted by atomic mass is 9.95. The van der Waals surface area contributed by atoms with Crippen molar-refractivity contribution < 1.29 is 4.79 Å². The smallest absolute Gasteiger partial charge is 0.223 e. The molecule has 0 aromatic heterocycles.